The molecular formula is C9H12N2O4S. The van der Waals surface area contributed by atoms with E-state index in [2.05, 4.69) is 4.98 Å². The highest BCUT2D eigenvalue weighted by molar-refractivity contribution is 7.09. The Bertz CT molecular complexity index is 391. The van der Waals surface area contributed by atoms with Crippen LogP contribution in [0.25, 0.3) is 0 Å². The quantitative estimate of drug-likeness (QED) is 0.654. The van der Waals surface area contributed by atoms with Gasteiger partial charge in [0.05, 0.1) is 17.1 Å². The highest BCUT2D eigenvalue weighted by Crippen LogP contribution is 2.13. The van der Waals surface area contributed by atoms with Gasteiger partial charge in [-0.3, -0.25) is 9.59 Å². The van der Waals surface area contributed by atoms with E-state index < -0.39 is 18.0 Å². The van der Waals surface area contributed by atoms with Crippen molar-refractivity contribution in [3.05, 3.63) is 16.1 Å². The van der Waals surface area contributed by atoms with Gasteiger partial charge in [0.2, 0.25) is 0 Å². The second-order valence-corrected chi connectivity index (χ2v) is 4.23. The first-order valence-corrected chi connectivity index (χ1v) is 5.50. The molecule has 16 heavy (non-hydrogen) atoms. The Morgan fingerprint density at radius 1 is 1.50 bits per heavy atom. The fraction of sp³-hybridized carbons (Fsp3) is 0.444. The highest BCUT2D eigenvalue weighted by Gasteiger charge is 2.13. The molecule has 1 atom stereocenters. The number of aromatic nitrogens is 1. The van der Waals surface area contributed by atoms with E-state index in [4.69, 9.17) is 15.9 Å². The minimum absolute atomic E-state index is 0.110. The van der Waals surface area contributed by atoms with Crippen molar-refractivity contribution >= 4 is 23.3 Å². The van der Waals surface area contributed by atoms with Crippen LogP contribution in [0, 0.1) is 0 Å². The first kappa shape index (κ1) is 12.6. The van der Waals surface area contributed by atoms with Gasteiger partial charge >= 0.3 is 11.9 Å². The molecule has 0 aliphatic heterocycles. The molecule has 0 aliphatic rings. The molecule has 0 bridgehead atoms. The second kappa shape index (κ2) is 5.57. The molecule has 1 unspecified atom stereocenters. The van der Waals surface area contributed by atoms with Crippen LogP contribution in [0.3, 0.4) is 0 Å². The van der Waals surface area contributed by atoms with Gasteiger partial charge in [-0.15, -0.1) is 11.3 Å². The van der Waals surface area contributed by atoms with Gasteiger partial charge in [0, 0.05) is 11.8 Å². The molecule has 0 amide bonds. The maximum atomic E-state index is 10.5. The largest absolute Gasteiger partial charge is 0.481 e. The van der Waals surface area contributed by atoms with Crippen molar-refractivity contribution in [3.8, 4) is 0 Å². The zero-order valence-corrected chi connectivity index (χ0v) is 9.24. The molecular weight excluding hydrogens is 232 g/mol. The number of thiazole rings is 1. The maximum Gasteiger partial charge on any atom is 0.320 e. The minimum atomic E-state index is -1.04. The summed E-state index contributed by atoms with van der Waals surface area (Å²) in [5.41, 5.74) is 5.83. The summed E-state index contributed by atoms with van der Waals surface area (Å²) in [7, 11) is 0. The van der Waals surface area contributed by atoms with E-state index in [0.717, 1.165) is 0 Å². The summed E-state index contributed by atoms with van der Waals surface area (Å²) in [4.78, 5) is 24.9. The number of nitrogens with two attached hydrogens (primary N) is 1. The number of hydrogen-bond donors (Lipinski definition) is 3. The first-order valence-electron chi connectivity index (χ1n) is 4.62. The van der Waals surface area contributed by atoms with Crippen molar-refractivity contribution in [3.63, 3.8) is 0 Å². The Labute approximate surface area is 95.7 Å². The topological polar surface area (TPSA) is 114 Å². The van der Waals surface area contributed by atoms with Gasteiger partial charge in [0.15, 0.2) is 0 Å². The van der Waals surface area contributed by atoms with Crippen molar-refractivity contribution < 1.29 is 19.8 Å². The molecule has 0 aliphatic carbocycles. The third kappa shape index (κ3) is 3.95. The summed E-state index contributed by atoms with van der Waals surface area (Å²) in [5.74, 6) is -1.97. The van der Waals surface area contributed by atoms with Crippen molar-refractivity contribution in [2.45, 2.75) is 25.3 Å². The van der Waals surface area contributed by atoms with Crippen LogP contribution in [0.2, 0.25) is 0 Å². The van der Waals surface area contributed by atoms with Crippen LogP contribution >= 0.6 is 11.3 Å². The number of carboxylic acid groups (broad SMARTS) is 2. The number of nitrogens with zero attached hydrogens (tertiary/aromatic N) is 1. The normalized spacial score (nSPS) is 12.3. The summed E-state index contributed by atoms with van der Waals surface area (Å²) in [6.45, 7) is 0. The van der Waals surface area contributed by atoms with E-state index in [1.165, 1.54) is 11.3 Å². The van der Waals surface area contributed by atoms with E-state index in [9.17, 15) is 9.59 Å². The molecule has 1 heterocycles. The molecule has 1 aromatic rings. The van der Waals surface area contributed by atoms with Gasteiger partial charge in [-0.05, 0) is 6.42 Å². The third-order valence-corrected chi connectivity index (χ3v) is 2.88. The van der Waals surface area contributed by atoms with Crippen LogP contribution < -0.4 is 5.73 Å². The van der Waals surface area contributed by atoms with E-state index >= 15 is 0 Å². The summed E-state index contributed by atoms with van der Waals surface area (Å²) in [6, 6.07) is -0.896. The van der Waals surface area contributed by atoms with E-state index in [0.29, 0.717) is 23.5 Å². The smallest absolute Gasteiger partial charge is 0.320 e. The monoisotopic (exact) mass is 244 g/mol. The molecule has 6 nitrogen and oxygen atoms in total. The number of carboxylic acids is 2. The van der Waals surface area contributed by atoms with Gasteiger partial charge in [0.25, 0.3) is 0 Å². The molecule has 0 fully saturated rings. The Balaban J connectivity index is 2.46. The number of rotatable bonds is 6. The van der Waals surface area contributed by atoms with Gasteiger partial charge in [-0.25, -0.2) is 4.98 Å². The zero-order chi connectivity index (χ0) is 12.1. The van der Waals surface area contributed by atoms with Crippen molar-refractivity contribution in [2.75, 3.05) is 0 Å². The first-order chi connectivity index (χ1) is 7.49. The van der Waals surface area contributed by atoms with Crippen LogP contribution in [-0.2, 0) is 22.4 Å². The second-order valence-electron chi connectivity index (χ2n) is 3.29. The predicted molar refractivity (Wildman–Crippen MR) is 57.4 cm³/mol. The van der Waals surface area contributed by atoms with Gasteiger partial charge < -0.3 is 15.9 Å². The lowest BCUT2D eigenvalue weighted by Crippen LogP contribution is -2.30. The van der Waals surface area contributed by atoms with Crippen LogP contribution in [-0.4, -0.2) is 33.2 Å². The van der Waals surface area contributed by atoms with E-state index in [-0.39, 0.29) is 6.42 Å². The van der Waals surface area contributed by atoms with Crippen LogP contribution in [0.1, 0.15) is 17.1 Å². The lowest BCUT2D eigenvalue weighted by molar-refractivity contribution is -0.139. The van der Waals surface area contributed by atoms with Gasteiger partial charge in [-0.1, -0.05) is 0 Å². The Morgan fingerprint density at radius 2 is 2.19 bits per heavy atom. The number of hydrogen-bond acceptors (Lipinski definition) is 5. The Kier molecular flexibility index (Phi) is 4.39. The molecule has 4 N–H and O–H groups in total. The summed E-state index contributed by atoms with van der Waals surface area (Å²) in [6.07, 6.45) is 0.647. The fourth-order valence-electron chi connectivity index (χ4n) is 1.10. The van der Waals surface area contributed by atoms with Crippen LogP contribution in [0.4, 0.5) is 0 Å². The molecule has 0 aromatic carbocycles. The van der Waals surface area contributed by atoms with E-state index in [1.54, 1.807) is 5.38 Å². The number of aryl methyl sites for hydroxylation is 1. The van der Waals surface area contributed by atoms with Gasteiger partial charge in [0.1, 0.15) is 6.04 Å². The summed E-state index contributed by atoms with van der Waals surface area (Å²) < 4.78 is 0. The molecule has 0 spiro atoms. The third-order valence-electron chi connectivity index (χ3n) is 1.92. The molecule has 0 saturated heterocycles. The van der Waals surface area contributed by atoms with Crippen molar-refractivity contribution in [2.24, 2.45) is 5.73 Å². The Hall–Kier alpha value is -1.47. The average Bonchev–Trinajstić information content (AvgIpc) is 2.60. The van der Waals surface area contributed by atoms with Crippen LogP contribution in [0.5, 0.6) is 0 Å². The van der Waals surface area contributed by atoms with Gasteiger partial charge in [-0.2, -0.15) is 0 Å². The number of carbonyl (C=O) groups is 2. The zero-order valence-electron chi connectivity index (χ0n) is 8.42. The maximum absolute atomic E-state index is 10.5. The molecule has 0 radical (unpaired) electrons. The summed E-state index contributed by atoms with van der Waals surface area (Å²) in [5, 5.41) is 19.5. The summed E-state index contributed by atoms with van der Waals surface area (Å²) >= 11 is 1.32. The molecule has 1 rings (SSSR count). The van der Waals surface area contributed by atoms with Crippen LogP contribution in [0.15, 0.2) is 5.38 Å². The van der Waals surface area contributed by atoms with Crippen molar-refractivity contribution in [1.82, 2.24) is 4.98 Å². The van der Waals surface area contributed by atoms with E-state index in [1.807, 2.05) is 0 Å². The Morgan fingerprint density at radius 3 is 2.75 bits per heavy atom. The lowest BCUT2D eigenvalue weighted by atomic mass is 10.2. The highest BCUT2D eigenvalue weighted by atomic mass is 32.1. The average molecular weight is 244 g/mol. The predicted octanol–water partition coefficient (Wildman–Crippen LogP) is 0.115. The SMILES string of the molecule is NC(CCc1nc(CC(=O)O)cs1)C(=O)O. The minimum Gasteiger partial charge on any atom is -0.481 e. The molecule has 0 saturated carbocycles. The molecule has 88 valence electrons. The number of aliphatic carboxylic acids is 2. The standard InChI is InChI=1S/C9H12N2O4S/c10-6(9(14)15)1-2-7-11-5(4-16-7)3-8(12)13/h4,6H,1-3,10H2,(H,12,13)(H,14,15). The molecule has 7 heteroatoms. The molecule has 1 aromatic heterocycles. The van der Waals surface area contributed by atoms with Crippen molar-refractivity contribution in [1.29, 1.82) is 0 Å². The lowest BCUT2D eigenvalue weighted by Gasteiger charge is -2.03. The fourth-order valence-corrected chi connectivity index (χ4v) is 1.92.